The second-order valence-electron chi connectivity index (χ2n) is 7.09. The van der Waals surface area contributed by atoms with Crippen LogP contribution in [-0.4, -0.2) is 26.4 Å². The Hall–Kier alpha value is -3.93. The van der Waals surface area contributed by atoms with Gasteiger partial charge in [-0.3, -0.25) is 9.59 Å². The third-order valence-corrected chi connectivity index (χ3v) is 5.10. The van der Waals surface area contributed by atoms with Crippen LogP contribution in [0, 0.1) is 32.1 Å². The van der Waals surface area contributed by atoms with Gasteiger partial charge >= 0.3 is 0 Å². The van der Waals surface area contributed by atoms with E-state index in [0.29, 0.717) is 34.9 Å². The number of nitrogens with zero attached hydrogens (tertiary/aromatic N) is 5. The van der Waals surface area contributed by atoms with Crippen LogP contribution in [0.5, 0.6) is 0 Å². The first-order valence-electron chi connectivity index (χ1n) is 9.37. The van der Waals surface area contributed by atoms with Crippen LogP contribution in [0.1, 0.15) is 46.6 Å². The van der Waals surface area contributed by atoms with Crippen LogP contribution in [-0.2, 0) is 11.3 Å². The lowest BCUT2D eigenvalue weighted by Gasteiger charge is -2.20. The second-order valence-corrected chi connectivity index (χ2v) is 7.09. The predicted octanol–water partition coefficient (Wildman–Crippen LogP) is 2.60. The van der Waals surface area contributed by atoms with Gasteiger partial charge in [0.2, 0.25) is 0 Å². The molecule has 152 valence electrons. The van der Waals surface area contributed by atoms with E-state index >= 15 is 0 Å². The van der Waals surface area contributed by atoms with Gasteiger partial charge in [0, 0.05) is 6.42 Å². The molecular weight excluding hydrogens is 386 g/mol. The minimum atomic E-state index is -0.603. The molecule has 1 atom stereocenters. The maximum atomic E-state index is 13.1. The van der Waals surface area contributed by atoms with E-state index in [2.05, 4.69) is 10.2 Å². The van der Waals surface area contributed by atoms with Crippen molar-refractivity contribution in [2.45, 2.75) is 39.8 Å². The molecule has 0 unspecified atom stereocenters. The third kappa shape index (κ3) is 3.33. The number of carbonyl (C=O) groups excluding carboxylic acids is 1. The zero-order valence-electron chi connectivity index (χ0n) is 16.7. The predicted molar refractivity (Wildman–Crippen MR) is 106 cm³/mol. The number of furan rings is 2. The van der Waals surface area contributed by atoms with E-state index in [1.165, 1.54) is 11.3 Å². The SMILES string of the molecule is Cc1ccc(C2=NN(C(=O)Cn3nc(C)c(C)c(C#N)c3=O)[C@H](c3ccco3)C2)o1. The Morgan fingerprint density at radius 3 is 2.73 bits per heavy atom. The van der Waals surface area contributed by atoms with Gasteiger partial charge in [0.25, 0.3) is 11.5 Å². The standard InChI is InChI=1S/C21H19N5O4/c1-12-6-7-18(30-12)16-9-17(19-5-4-8-29-19)26(24-16)20(27)11-25-21(28)15(10-22)13(2)14(3)23-25/h4-8,17H,9,11H2,1-3H3/t17-/m0/s1. The van der Waals surface area contributed by atoms with E-state index < -0.39 is 17.5 Å². The largest absolute Gasteiger partial charge is 0.467 e. The first-order chi connectivity index (χ1) is 14.4. The summed E-state index contributed by atoms with van der Waals surface area (Å²) in [5.74, 6) is 1.44. The molecule has 3 aromatic heterocycles. The minimum Gasteiger partial charge on any atom is -0.467 e. The van der Waals surface area contributed by atoms with Gasteiger partial charge in [0.05, 0.1) is 12.0 Å². The second kappa shape index (κ2) is 7.48. The first kappa shape index (κ1) is 19.4. The fourth-order valence-corrected chi connectivity index (χ4v) is 3.39. The fraction of sp³-hybridized carbons (Fsp3) is 0.286. The Labute approximate surface area is 171 Å². The van der Waals surface area contributed by atoms with E-state index in [4.69, 9.17) is 8.83 Å². The Balaban J connectivity index is 1.69. The molecule has 0 saturated carbocycles. The summed E-state index contributed by atoms with van der Waals surface area (Å²) in [5, 5.41) is 19.2. The van der Waals surface area contributed by atoms with Crippen LogP contribution in [0.25, 0.3) is 0 Å². The Bertz CT molecular complexity index is 1240. The minimum absolute atomic E-state index is 0.0189. The molecule has 3 aromatic rings. The van der Waals surface area contributed by atoms with Gasteiger partial charge in [-0.25, -0.2) is 9.69 Å². The monoisotopic (exact) mass is 405 g/mol. The number of carbonyl (C=O) groups is 1. The van der Waals surface area contributed by atoms with Crippen LogP contribution < -0.4 is 5.56 Å². The summed E-state index contributed by atoms with van der Waals surface area (Å²) >= 11 is 0. The third-order valence-electron chi connectivity index (χ3n) is 5.10. The Morgan fingerprint density at radius 2 is 2.10 bits per heavy atom. The van der Waals surface area contributed by atoms with Crippen LogP contribution in [0.4, 0.5) is 0 Å². The molecule has 9 heteroatoms. The summed E-state index contributed by atoms with van der Waals surface area (Å²) in [5.41, 5.74) is 1.01. The van der Waals surface area contributed by atoms with Crippen LogP contribution in [0.15, 0.2) is 49.3 Å². The van der Waals surface area contributed by atoms with Crippen molar-refractivity contribution in [3.05, 3.63) is 75.0 Å². The molecule has 1 amide bonds. The topological polar surface area (TPSA) is 118 Å². The lowest BCUT2D eigenvalue weighted by molar-refractivity contribution is -0.134. The van der Waals surface area contributed by atoms with Crippen LogP contribution in [0.2, 0.25) is 0 Å². The van der Waals surface area contributed by atoms with E-state index in [9.17, 15) is 14.9 Å². The summed E-state index contributed by atoms with van der Waals surface area (Å²) in [7, 11) is 0. The lowest BCUT2D eigenvalue weighted by Crippen LogP contribution is -2.36. The molecule has 30 heavy (non-hydrogen) atoms. The number of nitriles is 1. The highest BCUT2D eigenvalue weighted by Crippen LogP contribution is 2.33. The quantitative estimate of drug-likeness (QED) is 0.658. The molecule has 0 N–H and O–H groups in total. The smallest absolute Gasteiger partial charge is 0.285 e. The van der Waals surface area contributed by atoms with Crippen LogP contribution >= 0.6 is 0 Å². The van der Waals surface area contributed by atoms with Crippen molar-refractivity contribution in [1.82, 2.24) is 14.8 Å². The molecule has 0 saturated heterocycles. The van der Waals surface area contributed by atoms with E-state index in [0.717, 1.165) is 10.4 Å². The number of hydrazone groups is 1. The van der Waals surface area contributed by atoms with Crippen molar-refractivity contribution < 1.29 is 13.6 Å². The van der Waals surface area contributed by atoms with Crippen molar-refractivity contribution in [1.29, 1.82) is 5.26 Å². The van der Waals surface area contributed by atoms with Crippen LogP contribution in [0.3, 0.4) is 0 Å². The molecule has 0 aliphatic carbocycles. The summed E-state index contributed by atoms with van der Waals surface area (Å²) in [4.78, 5) is 25.7. The van der Waals surface area contributed by atoms with Gasteiger partial charge in [-0.15, -0.1) is 0 Å². The molecule has 0 aromatic carbocycles. The molecule has 1 aliphatic rings. The molecule has 0 fully saturated rings. The molecule has 4 heterocycles. The number of hydrogen-bond donors (Lipinski definition) is 0. The number of hydrogen-bond acceptors (Lipinski definition) is 7. The molecule has 0 spiro atoms. The lowest BCUT2D eigenvalue weighted by atomic mass is 10.1. The number of amides is 1. The van der Waals surface area contributed by atoms with E-state index in [1.54, 1.807) is 32.0 Å². The van der Waals surface area contributed by atoms with Gasteiger partial charge in [-0.2, -0.15) is 15.5 Å². The summed E-state index contributed by atoms with van der Waals surface area (Å²) in [6.45, 7) is 4.83. The summed E-state index contributed by atoms with van der Waals surface area (Å²) < 4.78 is 12.2. The van der Waals surface area contributed by atoms with Crippen molar-refractivity contribution in [3.8, 4) is 6.07 Å². The van der Waals surface area contributed by atoms with Gasteiger partial charge in [-0.1, -0.05) is 0 Å². The van der Waals surface area contributed by atoms with Gasteiger partial charge < -0.3 is 8.83 Å². The van der Waals surface area contributed by atoms with Crippen molar-refractivity contribution in [2.24, 2.45) is 5.10 Å². The molecule has 0 radical (unpaired) electrons. The summed E-state index contributed by atoms with van der Waals surface area (Å²) in [6, 6.07) is 8.56. The number of aromatic nitrogens is 2. The maximum absolute atomic E-state index is 13.1. The first-order valence-corrected chi connectivity index (χ1v) is 9.37. The zero-order valence-corrected chi connectivity index (χ0v) is 16.7. The molecule has 1 aliphatic heterocycles. The van der Waals surface area contributed by atoms with Gasteiger partial charge in [0.1, 0.15) is 47.2 Å². The highest BCUT2D eigenvalue weighted by molar-refractivity contribution is 6.01. The maximum Gasteiger partial charge on any atom is 0.285 e. The molecule has 9 nitrogen and oxygen atoms in total. The molecule has 4 rings (SSSR count). The average molecular weight is 405 g/mol. The van der Waals surface area contributed by atoms with Gasteiger partial charge in [-0.05, 0) is 50.6 Å². The Morgan fingerprint density at radius 1 is 1.30 bits per heavy atom. The van der Waals surface area contributed by atoms with E-state index in [1.807, 2.05) is 19.1 Å². The fourth-order valence-electron chi connectivity index (χ4n) is 3.39. The number of rotatable bonds is 4. The Kier molecular flexibility index (Phi) is 4.83. The average Bonchev–Trinajstić information content (AvgIpc) is 3.46. The van der Waals surface area contributed by atoms with Gasteiger partial charge in [0.15, 0.2) is 0 Å². The number of aryl methyl sites for hydroxylation is 2. The molecule has 0 bridgehead atoms. The molecular formula is C21H19N5O4. The van der Waals surface area contributed by atoms with Crippen molar-refractivity contribution in [3.63, 3.8) is 0 Å². The zero-order chi connectivity index (χ0) is 21.4. The highest BCUT2D eigenvalue weighted by Gasteiger charge is 2.36. The normalized spacial score (nSPS) is 15.9. The van der Waals surface area contributed by atoms with E-state index in [-0.39, 0.29) is 12.1 Å². The van der Waals surface area contributed by atoms with Crippen molar-refractivity contribution >= 4 is 11.6 Å². The highest BCUT2D eigenvalue weighted by atomic mass is 16.3. The summed E-state index contributed by atoms with van der Waals surface area (Å²) in [6.07, 6.45) is 1.94. The van der Waals surface area contributed by atoms with Crippen molar-refractivity contribution in [2.75, 3.05) is 0 Å².